The molecule has 0 aliphatic rings. The zero-order valence-electron chi connectivity index (χ0n) is 9.29. The van der Waals surface area contributed by atoms with Crippen LogP contribution in [0.5, 0.6) is 0 Å². The number of pyridine rings is 1. The van der Waals surface area contributed by atoms with Crippen LogP contribution in [-0.2, 0) is 13.0 Å². The van der Waals surface area contributed by atoms with E-state index in [9.17, 15) is 0 Å². The van der Waals surface area contributed by atoms with Gasteiger partial charge < -0.3 is 0 Å². The highest BCUT2D eigenvalue weighted by molar-refractivity contribution is 5.33. The van der Waals surface area contributed by atoms with Crippen LogP contribution in [0.15, 0.2) is 18.3 Å². The molecule has 0 radical (unpaired) electrons. The van der Waals surface area contributed by atoms with Crippen molar-refractivity contribution in [2.24, 2.45) is 0 Å². The summed E-state index contributed by atoms with van der Waals surface area (Å²) in [6, 6.07) is 4.22. The SMILES string of the molecule is CCCCCc1ccc[n+](CC)c1N. The van der Waals surface area contributed by atoms with E-state index < -0.39 is 0 Å². The zero-order valence-corrected chi connectivity index (χ0v) is 9.29. The molecular formula is C12H21N2+. The number of nitrogens with zero attached hydrogens (tertiary/aromatic N) is 1. The minimum Gasteiger partial charge on any atom is -0.287 e. The molecule has 0 amide bonds. The first-order valence-corrected chi connectivity index (χ1v) is 5.56. The van der Waals surface area contributed by atoms with E-state index in [1.165, 1.54) is 24.8 Å². The minimum absolute atomic E-state index is 0.936. The summed E-state index contributed by atoms with van der Waals surface area (Å²) >= 11 is 0. The van der Waals surface area contributed by atoms with Crippen LogP contribution in [0.3, 0.4) is 0 Å². The van der Waals surface area contributed by atoms with Gasteiger partial charge in [0.25, 0.3) is 5.82 Å². The Morgan fingerprint density at radius 3 is 2.71 bits per heavy atom. The highest BCUT2D eigenvalue weighted by Crippen LogP contribution is 2.10. The molecule has 1 rings (SSSR count). The Hall–Kier alpha value is -1.05. The molecule has 0 aliphatic carbocycles. The third-order valence-electron chi connectivity index (χ3n) is 2.59. The fourth-order valence-corrected chi connectivity index (χ4v) is 1.67. The number of nitrogens with two attached hydrogens (primary N) is 1. The fraction of sp³-hybridized carbons (Fsp3) is 0.583. The van der Waals surface area contributed by atoms with E-state index >= 15 is 0 Å². The first kappa shape index (κ1) is 11.0. The highest BCUT2D eigenvalue weighted by atomic mass is 15.0. The maximum Gasteiger partial charge on any atom is 0.275 e. The smallest absolute Gasteiger partial charge is 0.275 e. The minimum atomic E-state index is 0.936. The van der Waals surface area contributed by atoms with Crippen molar-refractivity contribution in [2.45, 2.75) is 46.1 Å². The van der Waals surface area contributed by atoms with Gasteiger partial charge in [0.15, 0.2) is 0 Å². The van der Waals surface area contributed by atoms with E-state index in [-0.39, 0.29) is 0 Å². The van der Waals surface area contributed by atoms with Gasteiger partial charge in [-0.25, -0.2) is 4.57 Å². The molecular weight excluding hydrogens is 172 g/mol. The average Bonchev–Trinajstić information content (AvgIpc) is 2.21. The van der Waals surface area contributed by atoms with E-state index in [4.69, 9.17) is 5.73 Å². The lowest BCUT2D eigenvalue weighted by Gasteiger charge is -2.05. The Morgan fingerprint density at radius 1 is 1.29 bits per heavy atom. The molecule has 0 saturated heterocycles. The van der Waals surface area contributed by atoms with Crippen molar-refractivity contribution >= 4 is 5.82 Å². The molecule has 1 aromatic heterocycles. The largest absolute Gasteiger partial charge is 0.287 e. The summed E-state index contributed by atoms with van der Waals surface area (Å²) in [5.74, 6) is 0.936. The van der Waals surface area contributed by atoms with E-state index in [1.54, 1.807) is 0 Å². The van der Waals surface area contributed by atoms with Gasteiger partial charge in [-0.05, 0) is 31.9 Å². The normalized spacial score (nSPS) is 10.4. The maximum atomic E-state index is 6.04. The number of nitrogen functional groups attached to an aromatic ring is 1. The molecule has 0 saturated carbocycles. The average molecular weight is 193 g/mol. The third-order valence-corrected chi connectivity index (χ3v) is 2.59. The van der Waals surface area contributed by atoms with Gasteiger partial charge in [0.05, 0.1) is 12.7 Å². The molecule has 2 heteroatoms. The van der Waals surface area contributed by atoms with Gasteiger partial charge in [-0.3, -0.25) is 5.73 Å². The van der Waals surface area contributed by atoms with Gasteiger partial charge >= 0.3 is 0 Å². The van der Waals surface area contributed by atoms with Gasteiger partial charge in [-0.15, -0.1) is 0 Å². The van der Waals surface area contributed by atoms with Crippen molar-refractivity contribution < 1.29 is 4.57 Å². The lowest BCUT2D eigenvalue weighted by Crippen LogP contribution is -2.36. The van der Waals surface area contributed by atoms with Crippen LogP contribution in [0, 0.1) is 0 Å². The van der Waals surface area contributed by atoms with Gasteiger partial charge in [0, 0.05) is 5.56 Å². The predicted molar refractivity (Wildman–Crippen MR) is 60.0 cm³/mol. The van der Waals surface area contributed by atoms with Crippen LogP contribution in [0.1, 0.15) is 38.7 Å². The van der Waals surface area contributed by atoms with Crippen molar-refractivity contribution in [2.75, 3.05) is 5.73 Å². The van der Waals surface area contributed by atoms with E-state index in [0.29, 0.717) is 0 Å². The van der Waals surface area contributed by atoms with Crippen LogP contribution >= 0.6 is 0 Å². The van der Waals surface area contributed by atoms with Crippen molar-refractivity contribution in [3.8, 4) is 0 Å². The molecule has 0 bridgehead atoms. The third kappa shape index (κ3) is 2.72. The maximum absolute atomic E-state index is 6.04. The van der Waals surface area contributed by atoms with Gasteiger partial charge in [0.2, 0.25) is 0 Å². The molecule has 0 aliphatic heterocycles. The van der Waals surface area contributed by atoms with Crippen LogP contribution < -0.4 is 10.3 Å². The second-order valence-corrected chi connectivity index (χ2v) is 3.66. The lowest BCUT2D eigenvalue weighted by atomic mass is 10.1. The molecule has 0 unspecified atom stereocenters. The molecule has 2 nitrogen and oxygen atoms in total. The predicted octanol–water partition coefficient (Wildman–Crippen LogP) is 2.31. The van der Waals surface area contributed by atoms with Gasteiger partial charge in [0.1, 0.15) is 0 Å². The standard InChI is InChI=1S/C12H20N2/c1-3-5-6-8-11-9-7-10-14(4-2)12(11)13/h7,9-10,13H,3-6,8H2,1-2H3/p+1. The number of aryl methyl sites for hydroxylation is 2. The Balaban J connectivity index is 2.66. The summed E-state index contributed by atoms with van der Waals surface area (Å²) < 4.78 is 2.10. The summed E-state index contributed by atoms with van der Waals surface area (Å²) in [5, 5.41) is 0. The monoisotopic (exact) mass is 193 g/mol. The molecule has 0 atom stereocenters. The number of hydrogen-bond acceptors (Lipinski definition) is 1. The van der Waals surface area contributed by atoms with E-state index in [2.05, 4.69) is 30.5 Å². The van der Waals surface area contributed by atoms with E-state index in [1.807, 2.05) is 6.20 Å². The number of hydrogen-bond donors (Lipinski definition) is 1. The number of rotatable bonds is 5. The summed E-state index contributed by atoms with van der Waals surface area (Å²) in [5.41, 5.74) is 7.33. The number of anilines is 1. The van der Waals surface area contributed by atoms with Crippen LogP contribution in [0.25, 0.3) is 0 Å². The molecule has 2 N–H and O–H groups in total. The summed E-state index contributed by atoms with van der Waals surface area (Å²) in [4.78, 5) is 0. The van der Waals surface area contributed by atoms with Crippen molar-refractivity contribution in [1.29, 1.82) is 0 Å². The second-order valence-electron chi connectivity index (χ2n) is 3.66. The van der Waals surface area contributed by atoms with Gasteiger partial charge in [-0.1, -0.05) is 19.8 Å². The van der Waals surface area contributed by atoms with Crippen molar-refractivity contribution in [1.82, 2.24) is 0 Å². The summed E-state index contributed by atoms with van der Waals surface area (Å²) in [6.07, 6.45) is 6.95. The molecule has 14 heavy (non-hydrogen) atoms. The van der Waals surface area contributed by atoms with E-state index in [0.717, 1.165) is 18.8 Å². The molecule has 78 valence electrons. The van der Waals surface area contributed by atoms with Gasteiger partial charge in [-0.2, -0.15) is 0 Å². The summed E-state index contributed by atoms with van der Waals surface area (Å²) in [6.45, 7) is 5.29. The fourth-order valence-electron chi connectivity index (χ4n) is 1.67. The van der Waals surface area contributed by atoms with Crippen molar-refractivity contribution in [3.63, 3.8) is 0 Å². The first-order valence-electron chi connectivity index (χ1n) is 5.56. The molecule has 1 heterocycles. The summed E-state index contributed by atoms with van der Waals surface area (Å²) in [7, 11) is 0. The van der Waals surface area contributed by atoms with Crippen LogP contribution in [-0.4, -0.2) is 0 Å². The molecule has 1 aromatic rings. The van der Waals surface area contributed by atoms with Crippen molar-refractivity contribution in [3.05, 3.63) is 23.9 Å². The first-order chi connectivity index (χ1) is 6.79. The molecule has 0 spiro atoms. The topological polar surface area (TPSA) is 29.9 Å². The Bertz CT molecular complexity index is 282. The number of aromatic nitrogens is 1. The molecule has 0 fully saturated rings. The zero-order chi connectivity index (χ0) is 10.4. The quantitative estimate of drug-likeness (QED) is 0.564. The Morgan fingerprint density at radius 2 is 2.07 bits per heavy atom. The van der Waals surface area contributed by atoms with Crippen LogP contribution in [0.4, 0.5) is 5.82 Å². The Labute approximate surface area is 86.8 Å². The lowest BCUT2D eigenvalue weighted by molar-refractivity contribution is -0.679. The number of unbranched alkanes of at least 4 members (excludes halogenated alkanes) is 2. The van der Waals surface area contributed by atoms with Crippen LogP contribution in [0.2, 0.25) is 0 Å². The highest BCUT2D eigenvalue weighted by Gasteiger charge is 2.07. The Kier molecular flexibility index (Phi) is 4.44. The second kappa shape index (κ2) is 5.63. The molecule has 0 aromatic carbocycles.